The van der Waals surface area contributed by atoms with Crippen LogP contribution in [0.1, 0.15) is 28.9 Å². The number of methoxy groups -OCH3 is 1. The Labute approximate surface area is 270 Å². The molecular formula is C33H29F5N4O6. The van der Waals surface area contributed by atoms with Crippen molar-refractivity contribution in [1.29, 1.82) is 0 Å². The number of ketones is 1. The lowest BCUT2D eigenvalue weighted by Gasteiger charge is -2.24. The number of aromatic nitrogens is 1. The number of carbonyl (C=O) groups is 4. The maximum atomic E-state index is 14.2. The number of nitrogens with one attached hydrogen (secondary N) is 4. The molecule has 4 aromatic rings. The summed E-state index contributed by atoms with van der Waals surface area (Å²) in [6, 6.07) is 9.00. The van der Waals surface area contributed by atoms with E-state index in [4.69, 9.17) is 9.47 Å². The molecule has 1 aliphatic rings. The molecule has 0 radical (unpaired) electrons. The van der Waals surface area contributed by atoms with Crippen LogP contribution in [0.3, 0.4) is 0 Å². The first kappa shape index (κ1) is 33.9. The third kappa shape index (κ3) is 7.73. The van der Waals surface area contributed by atoms with Gasteiger partial charge in [0.15, 0.2) is 23.2 Å². The number of fused-ring (bicyclic) bond motifs is 1. The molecule has 1 aromatic heterocycles. The van der Waals surface area contributed by atoms with Gasteiger partial charge in [-0.15, -0.1) is 0 Å². The Bertz CT molecular complexity index is 1840. The van der Waals surface area contributed by atoms with Crippen LogP contribution in [0, 0.1) is 35.0 Å². The Morgan fingerprint density at radius 1 is 0.917 bits per heavy atom. The van der Waals surface area contributed by atoms with E-state index in [1.807, 2.05) is 0 Å². The van der Waals surface area contributed by atoms with Crippen molar-refractivity contribution >= 4 is 34.4 Å². The highest BCUT2D eigenvalue weighted by molar-refractivity contribution is 6.01. The quantitative estimate of drug-likeness (QED) is 0.126. The summed E-state index contributed by atoms with van der Waals surface area (Å²) in [4.78, 5) is 55.6. The molecule has 5 rings (SSSR count). The van der Waals surface area contributed by atoms with Crippen LogP contribution in [-0.4, -0.2) is 60.8 Å². The van der Waals surface area contributed by atoms with E-state index in [9.17, 15) is 41.1 Å². The summed E-state index contributed by atoms with van der Waals surface area (Å²) in [5.74, 6) is -12.4. The Balaban J connectivity index is 1.39. The SMILES string of the molecule is COc1ccc(CC(NC(=O)c2cc3cc(F)ccc3[nH]2)C(=O)NC(CC2CCNC2=O)C(=O)COc2c(F)c(F)cc(F)c2F)cc1. The fourth-order valence-electron chi connectivity index (χ4n) is 5.29. The van der Waals surface area contributed by atoms with Gasteiger partial charge in [-0.25, -0.2) is 13.2 Å². The number of carbonyl (C=O) groups excluding carboxylic acids is 4. The van der Waals surface area contributed by atoms with Crippen molar-refractivity contribution < 1.29 is 50.6 Å². The highest BCUT2D eigenvalue weighted by Gasteiger charge is 2.34. The Morgan fingerprint density at radius 2 is 1.62 bits per heavy atom. The van der Waals surface area contributed by atoms with Gasteiger partial charge >= 0.3 is 0 Å². The lowest BCUT2D eigenvalue weighted by molar-refractivity contribution is -0.131. The molecule has 3 amide bonds. The molecule has 4 N–H and O–H groups in total. The van der Waals surface area contributed by atoms with Crippen LogP contribution >= 0.6 is 0 Å². The maximum Gasteiger partial charge on any atom is 0.268 e. The number of aromatic amines is 1. The average Bonchev–Trinajstić information content (AvgIpc) is 3.68. The lowest BCUT2D eigenvalue weighted by atomic mass is 9.95. The monoisotopic (exact) mass is 672 g/mol. The highest BCUT2D eigenvalue weighted by atomic mass is 19.2. The van der Waals surface area contributed by atoms with E-state index in [1.54, 1.807) is 24.3 Å². The third-order valence-electron chi connectivity index (χ3n) is 7.87. The Kier molecular flexibility index (Phi) is 10.3. The van der Waals surface area contributed by atoms with E-state index in [2.05, 4.69) is 20.9 Å². The Morgan fingerprint density at radius 3 is 2.27 bits per heavy atom. The molecule has 3 unspecified atom stereocenters. The van der Waals surface area contributed by atoms with Crippen LogP contribution < -0.4 is 25.4 Å². The summed E-state index contributed by atoms with van der Waals surface area (Å²) in [5.41, 5.74) is 1.05. The number of amides is 3. The smallest absolute Gasteiger partial charge is 0.268 e. The second kappa shape index (κ2) is 14.5. The van der Waals surface area contributed by atoms with Crippen LogP contribution in [-0.2, 0) is 20.8 Å². The third-order valence-corrected chi connectivity index (χ3v) is 7.87. The number of H-pyrrole nitrogens is 1. The minimum absolute atomic E-state index is 0.0122. The van der Waals surface area contributed by atoms with E-state index < -0.39 is 82.9 Å². The fourth-order valence-corrected chi connectivity index (χ4v) is 5.29. The molecule has 1 saturated heterocycles. The van der Waals surface area contributed by atoms with E-state index in [1.165, 1.54) is 31.4 Å². The predicted octanol–water partition coefficient (Wildman–Crippen LogP) is 3.87. The minimum atomic E-state index is -1.86. The van der Waals surface area contributed by atoms with Crippen molar-refractivity contribution in [1.82, 2.24) is 20.9 Å². The first-order valence-electron chi connectivity index (χ1n) is 14.7. The standard InChI is InChI=1S/C33H29F5N4O6/c1-47-20-5-2-16(3-6-20)10-25(42-33(46)26-13-18-11-19(34)4-7-23(18)40-26)32(45)41-24(12-17-8-9-39-31(17)44)27(43)15-48-30-28(37)21(35)14-22(36)29(30)38/h2-7,11,13-14,17,24-25,40H,8-10,12,15H2,1H3,(H,39,44)(H,41,45)(H,42,46). The largest absolute Gasteiger partial charge is 0.497 e. The molecule has 1 fully saturated rings. The van der Waals surface area contributed by atoms with Gasteiger partial charge in [0.1, 0.15) is 29.9 Å². The lowest BCUT2D eigenvalue weighted by Crippen LogP contribution is -2.53. The van der Waals surface area contributed by atoms with Crippen molar-refractivity contribution in [3.05, 3.63) is 94.9 Å². The first-order valence-corrected chi connectivity index (χ1v) is 14.7. The summed E-state index contributed by atoms with van der Waals surface area (Å²) in [6.45, 7) is -0.824. The van der Waals surface area contributed by atoms with Gasteiger partial charge < -0.3 is 30.4 Å². The second-order valence-electron chi connectivity index (χ2n) is 11.1. The molecular weight excluding hydrogens is 643 g/mol. The Hall–Kier alpha value is -5.47. The molecule has 3 aromatic carbocycles. The summed E-state index contributed by atoms with van der Waals surface area (Å²) in [7, 11) is 1.47. The van der Waals surface area contributed by atoms with Crippen LogP contribution in [0.2, 0.25) is 0 Å². The summed E-state index contributed by atoms with van der Waals surface area (Å²) in [6.07, 6.45) is -0.0273. The molecule has 10 nitrogen and oxygen atoms in total. The van der Waals surface area contributed by atoms with Crippen LogP contribution in [0.25, 0.3) is 10.9 Å². The fraction of sp³-hybridized carbons (Fsp3) is 0.273. The zero-order chi connectivity index (χ0) is 34.5. The molecule has 15 heteroatoms. The van der Waals surface area contributed by atoms with Gasteiger partial charge in [-0.1, -0.05) is 12.1 Å². The second-order valence-corrected chi connectivity index (χ2v) is 11.1. The van der Waals surface area contributed by atoms with Gasteiger partial charge in [0.25, 0.3) is 5.91 Å². The highest BCUT2D eigenvalue weighted by Crippen LogP contribution is 2.27. The number of ether oxygens (including phenoxy) is 2. The van der Waals surface area contributed by atoms with Gasteiger partial charge in [0.2, 0.25) is 23.4 Å². The van der Waals surface area contributed by atoms with Crippen LogP contribution in [0.5, 0.6) is 11.5 Å². The molecule has 1 aliphatic heterocycles. The molecule has 48 heavy (non-hydrogen) atoms. The van der Waals surface area contributed by atoms with E-state index in [0.717, 1.165) is 0 Å². The molecule has 0 saturated carbocycles. The van der Waals surface area contributed by atoms with Crippen molar-refractivity contribution in [3.8, 4) is 11.5 Å². The van der Waals surface area contributed by atoms with Crippen LogP contribution in [0.15, 0.2) is 54.6 Å². The normalized spacial score (nSPS) is 15.5. The van der Waals surface area contributed by atoms with Gasteiger partial charge in [-0.05, 0) is 54.8 Å². The van der Waals surface area contributed by atoms with Crippen molar-refractivity contribution in [3.63, 3.8) is 0 Å². The molecule has 0 bridgehead atoms. The number of Topliss-reactive ketones (excluding diaryl/α,β-unsaturated/α-hetero) is 1. The topological polar surface area (TPSA) is 139 Å². The van der Waals surface area contributed by atoms with Gasteiger partial charge in [0.05, 0.1) is 13.2 Å². The average molecular weight is 673 g/mol. The van der Waals surface area contributed by atoms with Crippen molar-refractivity contribution in [2.75, 3.05) is 20.3 Å². The summed E-state index contributed by atoms with van der Waals surface area (Å²) in [5, 5.41) is 8.12. The van der Waals surface area contributed by atoms with Gasteiger partial charge in [0, 0.05) is 35.9 Å². The number of hydrogen-bond acceptors (Lipinski definition) is 6. The van der Waals surface area contributed by atoms with Crippen LogP contribution in [0.4, 0.5) is 22.0 Å². The summed E-state index contributed by atoms with van der Waals surface area (Å²) < 4.78 is 79.5. The number of halogens is 5. The first-order chi connectivity index (χ1) is 22.9. The zero-order valence-corrected chi connectivity index (χ0v) is 25.3. The number of hydrogen-bond donors (Lipinski definition) is 4. The van der Waals surface area contributed by atoms with Crippen molar-refractivity contribution in [2.45, 2.75) is 31.3 Å². The molecule has 252 valence electrons. The number of benzene rings is 3. The molecule has 2 heterocycles. The molecule has 0 spiro atoms. The molecule has 3 atom stereocenters. The molecule has 0 aliphatic carbocycles. The van der Waals surface area contributed by atoms with Gasteiger partial charge in [-0.2, -0.15) is 8.78 Å². The van der Waals surface area contributed by atoms with E-state index in [-0.39, 0.29) is 24.6 Å². The predicted molar refractivity (Wildman–Crippen MR) is 161 cm³/mol. The van der Waals surface area contributed by atoms with Crippen molar-refractivity contribution in [2.24, 2.45) is 5.92 Å². The maximum absolute atomic E-state index is 14.2. The van der Waals surface area contributed by atoms with E-state index in [0.29, 0.717) is 35.2 Å². The zero-order valence-electron chi connectivity index (χ0n) is 25.3. The van der Waals surface area contributed by atoms with E-state index >= 15 is 0 Å². The van der Waals surface area contributed by atoms with Gasteiger partial charge in [-0.3, -0.25) is 19.2 Å². The number of rotatable bonds is 13. The summed E-state index contributed by atoms with van der Waals surface area (Å²) >= 11 is 0. The minimum Gasteiger partial charge on any atom is -0.497 e.